The number of carboxylic acid groups (broad SMARTS) is 1. The standard InChI is InChI=1S/C9H12N2O2/c1-4-6-7(5-2)11(3)10-8(6)9(12)13/h4H,1,5H2,2-3H3,(H,12,13). The molecule has 0 fully saturated rings. The van der Waals surface area contributed by atoms with Crippen molar-refractivity contribution in [2.45, 2.75) is 13.3 Å². The maximum atomic E-state index is 10.7. The van der Waals surface area contributed by atoms with E-state index in [9.17, 15) is 4.79 Å². The quantitative estimate of drug-likeness (QED) is 0.763. The van der Waals surface area contributed by atoms with Crippen molar-refractivity contribution in [1.82, 2.24) is 9.78 Å². The van der Waals surface area contributed by atoms with Gasteiger partial charge in [0.05, 0.1) is 0 Å². The van der Waals surface area contributed by atoms with Crippen LogP contribution in [0.1, 0.15) is 28.7 Å². The molecule has 0 unspecified atom stereocenters. The molecule has 0 saturated heterocycles. The van der Waals surface area contributed by atoms with Gasteiger partial charge in [-0.1, -0.05) is 19.6 Å². The number of nitrogens with zero attached hydrogens (tertiary/aromatic N) is 2. The molecule has 1 rings (SSSR count). The van der Waals surface area contributed by atoms with E-state index in [0.29, 0.717) is 5.56 Å². The largest absolute Gasteiger partial charge is 0.476 e. The third kappa shape index (κ3) is 1.47. The monoisotopic (exact) mass is 180 g/mol. The number of hydrogen-bond acceptors (Lipinski definition) is 2. The van der Waals surface area contributed by atoms with Crippen molar-refractivity contribution in [2.24, 2.45) is 7.05 Å². The predicted octanol–water partition coefficient (Wildman–Crippen LogP) is 1.32. The lowest BCUT2D eigenvalue weighted by molar-refractivity contribution is 0.0689. The molecule has 1 N–H and O–H groups in total. The normalized spacial score (nSPS) is 10.0. The molecular formula is C9H12N2O2. The molecular weight excluding hydrogens is 168 g/mol. The zero-order valence-corrected chi connectivity index (χ0v) is 7.74. The number of carboxylic acids is 1. The van der Waals surface area contributed by atoms with Gasteiger partial charge in [-0.2, -0.15) is 5.10 Å². The Balaban J connectivity index is 3.38. The van der Waals surface area contributed by atoms with Crippen molar-refractivity contribution < 1.29 is 9.90 Å². The van der Waals surface area contributed by atoms with Gasteiger partial charge < -0.3 is 5.11 Å². The molecule has 0 spiro atoms. The molecule has 4 heteroatoms. The summed E-state index contributed by atoms with van der Waals surface area (Å²) >= 11 is 0. The van der Waals surface area contributed by atoms with Crippen LogP contribution < -0.4 is 0 Å². The summed E-state index contributed by atoms with van der Waals surface area (Å²) in [6.07, 6.45) is 2.29. The lowest BCUT2D eigenvalue weighted by Gasteiger charge is -1.97. The molecule has 4 nitrogen and oxygen atoms in total. The Kier molecular flexibility index (Phi) is 2.51. The van der Waals surface area contributed by atoms with Gasteiger partial charge in [-0.15, -0.1) is 0 Å². The van der Waals surface area contributed by atoms with Crippen LogP contribution in [-0.4, -0.2) is 20.9 Å². The lowest BCUT2D eigenvalue weighted by atomic mass is 10.1. The summed E-state index contributed by atoms with van der Waals surface area (Å²) < 4.78 is 1.58. The van der Waals surface area contributed by atoms with Crippen molar-refractivity contribution in [3.63, 3.8) is 0 Å². The molecule has 0 aromatic carbocycles. The fourth-order valence-electron chi connectivity index (χ4n) is 1.37. The topological polar surface area (TPSA) is 55.1 Å². The van der Waals surface area contributed by atoms with Gasteiger partial charge in [-0.05, 0) is 6.42 Å². The maximum Gasteiger partial charge on any atom is 0.357 e. The number of hydrogen-bond donors (Lipinski definition) is 1. The van der Waals surface area contributed by atoms with E-state index in [2.05, 4.69) is 11.7 Å². The Morgan fingerprint density at radius 1 is 1.77 bits per heavy atom. The summed E-state index contributed by atoms with van der Waals surface area (Å²) in [4.78, 5) is 10.7. The smallest absolute Gasteiger partial charge is 0.357 e. The van der Waals surface area contributed by atoms with Gasteiger partial charge in [0.15, 0.2) is 5.69 Å². The fourth-order valence-corrected chi connectivity index (χ4v) is 1.37. The molecule has 70 valence electrons. The molecule has 0 amide bonds. The van der Waals surface area contributed by atoms with Crippen LogP contribution in [0.5, 0.6) is 0 Å². The molecule has 0 radical (unpaired) electrons. The van der Waals surface area contributed by atoms with Crippen LogP contribution in [0.4, 0.5) is 0 Å². The highest BCUT2D eigenvalue weighted by molar-refractivity contribution is 5.90. The Labute approximate surface area is 76.5 Å². The average molecular weight is 180 g/mol. The van der Waals surface area contributed by atoms with E-state index in [1.165, 1.54) is 6.08 Å². The van der Waals surface area contributed by atoms with E-state index in [1.807, 2.05) is 6.92 Å². The molecule has 0 aliphatic heterocycles. The SMILES string of the molecule is C=Cc1c(C(=O)O)nn(C)c1CC. The van der Waals surface area contributed by atoms with Gasteiger partial charge in [0.1, 0.15) is 0 Å². The van der Waals surface area contributed by atoms with Crippen molar-refractivity contribution >= 4 is 12.0 Å². The molecule has 0 aliphatic rings. The van der Waals surface area contributed by atoms with Gasteiger partial charge in [0.25, 0.3) is 0 Å². The second kappa shape index (κ2) is 3.43. The average Bonchev–Trinajstić information content (AvgIpc) is 2.41. The molecule has 1 aromatic heterocycles. The van der Waals surface area contributed by atoms with Gasteiger partial charge in [0, 0.05) is 18.3 Å². The highest BCUT2D eigenvalue weighted by Crippen LogP contribution is 2.15. The van der Waals surface area contributed by atoms with Crippen LogP contribution >= 0.6 is 0 Å². The Morgan fingerprint density at radius 2 is 2.38 bits per heavy atom. The van der Waals surface area contributed by atoms with E-state index >= 15 is 0 Å². The van der Waals surface area contributed by atoms with Gasteiger partial charge in [-0.3, -0.25) is 4.68 Å². The van der Waals surface area contributed by atoms with Gasteiger partial charge in [-0.25, -0.2) is 4.79 Å². The van der Waals surface area contributed by atoms with Gasteiger partial charge in [0.2, 0.25) is 0 Å². The number of aromatic carboxylic acids is 1. The zero-order chi connectivity index (χ0) is 10.0. The highest BCUT2D eigenvalue weighted by atomic mass is 16.4. The minimum atomic E-state index is -1.01. The van der Waals surface area contributed by atoms with E-state index in [-0.39, 0.29) is 5.69 Å². The Hall–Kier alpha value is -1.58. The Morgan fingerprint density at radius 3 is 2.77 bits per heavy atom. The summed E-state index contributed by atoms with van der Waals surface area (Å²) in [7, 11) is 1.73. The second-order valence-electron chi connectivity index (χ2n) is 2.70. The van der Waals surface area contributed by atoms with Crippen LogP contribution in [0.3, 0.4) is 0 Å². The molecule has 0 aliphatic carbocycles. The third-order valence-corrected chi connectivity index (χ3v) is 1.95. The molecule has 13 heavy (non-hydrogen) atoms. The van der Waals surface area contributed by atoms with Crippen LogP contribution in [0, 0.1) is 0 Å². The van der Waals surface area contributed by atoms with E-state index in [1.54, 1.807) is 11.7 Å². The number of carbonyl (C=O) groups is 1. The summed E-state index contributed by atoms with van der Waals surface area (Å²) in [5.74, 6) is -1.01. The number of aryl methyl sites for hydroxylation is 1. The van der Waals surface area contributed by atoms with Crippen molar-refractivity contribution in [2.75, 3.05) is 0 Å². The third-order valence-electron chi connectivity index (χ3n) is 1.95. The second-order valence-corrected chi connectivity index (χ2v) is 2.70. The van der Waals surface area contributed by atoms with Crippen molar-refractivity contribution in [3.8, 4) is 0 Å². The first-order chi connectivity index (χ1) is 6.11. The van der Waals surface area contributed by atoms with E-state index < -0.39 is 5.97 Å². The van der Waals surface area contributed by atoms with Crippen LogP contribution in [0.25, 0.3) is 6.08 Å². The zero-order valence-electron chi connectivity index (χ0n) is 7.74. The molecule has 1 heterocycles. The van der Waals surface area contributed by atoms with E-state index in [4.69, 9.17) is 5.11 Å². The van der Waals surface area contributed by atoms with Gasteiger partial charge >= 0.3 is 5.97 Å². The van der Waals surface area contributed by atoms with Crippen LogP contribution in [0.15, 0.2) is 6.58 Å². The minimum absolute atomic E-state index is 0.0781. The van der Waals surface area contributed by atoms with Crippen molar-refractivity contribution in [1.29, 1.82) is 0 Å². The first-order valence-electron chi connectivity index (χ1n) is 4.03. The minimum Gasteiger partial charge on any atom is -0.476 e. The molecule has 1 aromatic rings. The van der Waals surface area contributed by atoms with Crippen LogP contribution in [0.2, 0.25) is 0 Å². The van der Waals surface area contributed by atoms with E-state index in [0.717, 1.165) is 12.1 Å². The summed E-state index contributed by atoms with van der Waals surface area (Å²) in [5.41, 5.74) is 1.60. The summed E-state index contributed by atoms with van der Waals surface area (Å²) in [6.45, 7) is 5.53. The number of aromatic nitrogens is 2. The first-order valence-corrected chi connectivity index (χ1v) is 4.03. The highest BCUT2D eigenvalue weighted by Gasteiger charge is 2.17. The number of rotatable bonds is 3. The molecule has 0 atom stereocenters. The fraction of sp³-hybridized carbons (Fsp3) is 0.333. The van der Waals surface area contributed by atoms with Crippen LogP contribution in [-0.2, 0) is 13.5 Å². The summed E-state index contributed by atoms with van der Waals surface area (Å²) in [6, 6.07) is 0. The van der Waals surface area contributed by atoms with Crippen molar-refractivity contribution in [3.05, 3.63) is 23.5 Å². The first kappa shape index (κ1) is 9.51. The molecule has 0 bridgehead atoms. The maximum absolute atomic E-state index is 10.7. The lowest BCUT2D eigenvalue weighted by Crippen LogP contribution is -2.00. The summed E-state index contributed by atoms with van der Waals surface area (Å²) in [5, 5.41) is 12.7. The predicted molar refractivity (Wildman–Crippen MR) is 49.6 cm³/mol. The molecule has 0 saturated carbocycles. The Bertz CT molecular complexity index is 353.